The lowest BCUT2D eigenvalue weighted by Gasteiger charge is -1.95. The first-order valence-electron chi connectivity index (χ1n) is 4.67. The van der Waals surface area contributed by atoms with Crippen molar-refractivity contribution in [2.75, 3.05) is 0 Å². The van der Waals surface area contributed by atoms with Gasteiger partial charge in [0.1, 0.15) is 0 Å². The Labute approximate surface area is 90.7 Å². The second-order valence-corrected chi connectivity index (χ2v) is 3.11. The zero-order valence-corrected chi connectivity index (χ0v) is 8.33. The van der Waals surface area contributed by atoms with Crippen LogP contribution in [0.4, 0.5) is 0 Å². The van der Waals surface area contributed by atoms with Gasteiger partial charge in [0, 0.05) is 12.1 Å². The normalized spacial score (nSPS) is 10.8. The molecule has 0 saturated heterocycles. The molecule has 2 aromatic rings. The van der Waals surface area contributed by atoms with Crippen LogP contribution >= 0.6 is 0 Å². The summed E-state index contributed by atoms with van der Waals surface area (Å²) >= 11 is 0. The summed E-state index contributed by atoms with van der Waals surface area (Å²) in [5, 5.41) is 6.16. The Morgan fingerprint density at radius 3 is 2.56 bits per heavy atom. The summed E-state index contributed by atoms with van der Waals surface area (Å²) in [6, 6.07) is 11.6. The summed E-state index contributed by atoms with van der Waals surface area (Å²) in [6.07, 6.45) is 1.50. The van der Waals surface area contributed by atoms with Crippen LogP contribution in [0, 0.1) is 0 Å². The van der Waals surface area contributed by atoms with Gasteiger partial charge in [0.15, 0.2) is 0 Å². The maximum atomic E-state index is 11.3. The summed E-state index contributed by atoms with van der Waals surface area (Å²) in [7, 11) is 0. The number of benzene rings is 1. The zero-order chi connectivity index (χ0) is 11.4. The van der Waals surface area contributed by atoms with E-state index in [1.165, 1.54) is 12.3 Å². The lowest BCUT2D eigenvalue weighted by atomic mass is 10.2. The number of aromatic amines is 1. The first-order chi connectivity index (χ1) is 7.75. The minimum atomic E-state index is -0.383. The molecule has 1 aromatic heterocycles. The topological polar surface area (TPSA) is 67.2 Å². The van der Waals surface area contributed by atoms with Gasteiger partial charge in [-0.25, -0.2) is 5.10 Å². The monoisotopic (exact) mass is 215 g/mol. The second-order valence-electron chi connectivity index (χ2n) is 3.11. The molecular weight excluding hydrogens is 206 g/mol. The summed E-state index contributed by atoms with van der Waals surface area (Å²) in [6.45, 7) is 0. The van der Waals surface area contributed by atoms with E-state index in [9.17, 15) is 9.59 Å². The van der Waals surface area contributed by atoms with E-state index < -0.39 is 0 Å². The third-order valence-electron chi connectivity index (χ3n) is 1.92. The zero-order valence-electron chi connectivity index (χ0n) is 8.33. The Balaban J connectivity index is 2.34. The number of aromatic nitrogens is 2. The van der Waals surface area contributed by atoms with Crippen LogP contribution in [0.5, 0.6) is 0 Å². The van der Waals surface area contributed by atoms with Gasteiger partial charge in [-0.1, -0.05) is 30.3 Å². The van der Waals surface area contributed by atoms with Crippen molar-refractivity contribution in [3.8, 4) is 0 Å². The SMILES string of the molecule is O=c1ccc(=O)n(N=Cc2ccccc2)[nH]1. The van der Waals surface area contributed by atoms with Crippen molar-refractivity contribution in [2.24, 2.45) is 5.10 Å². The van der Waals surface area contributed by atoms with Crippen molar-refractivity contribution in [3.63, 3.8) is 0 Å². The highest BCUT2D eigenvalue weighted by molar-refractivity contribution is 5.79. The molecule has 0 unspecified atom stereocenters. The van der Waals surface area contributed by atoms with Crippen LogP contribution in [0.3, 0.4) is 0 Å². The maximum Gasteiger partial charge on any atom is 0.286 e. The molecule has 0 aliphatic carbocycles. The lowest BCUT2D eigenvalue weighted by Crippen LogP contribution is -2.24. The molecule has 0 radical (unpaired) electrons. The molecule has 2 rings (SSSR count). The van der Waals surface area contributed by atoms with E-state index in [0.29, 0.717) is 0 Å². The number of hydrogen-bond acceptors (Lipinski definition) is 3. The molecule has 1 aromatic carbocycles. The van der Waals surface area contributed by atoms with Crippen LogP contribution in [0.2, 0.25) is 0 Å². The van der Waals surface area contributed by atoms with Crippen molar-refractivity contribution in [3.05, 3.63) is 68.7 Å². The van der Waals surface area contributed by atoms with E-state index in [0.717, 1.165) is 16.4 Å². The Hall–Kier alpha value is -2.43. The van der Waals surface area contributed by atoms with Gasteiger partial charge in [-0.3, -0.25) is 9.59 Å². The van der Waals surface area contributed by atoms with E-state index in [-0.39, 0.29) is 11.1 Å². The quantitative estimate of drug-likeness (QED) is 0.737. The fraction of sp³-hybridized carbons (Fsp3) is 0. The standard InChI is InChI=1S/C11H9N3O2/c15-10-6-7-11(16)14(13-10)12-8-9-4-2-1-3-5-9/h1-8H,(H,13,15). The molecular formula is C11H9N3O2. The third-order valence-corrected chi connectivity index (χ3v) is 1.92. The average molecular weight is 215 g/mol. The van der Waals surface area contributed by atoms with Crippen LogP contribution in [0.1, 0.15) is 5.56 Å². The number of hydrogen-bond donors (Lipinski definition) is 1. The van der Waals surface area contributed by atoms with E-state index in [2.05, 4.69) is 10.2 Å². The molecule has 5 nitrogen and oxygen atoms in total. The number of rotatable bonds is 2. The van der Waals surface area contributed by atoms with Gasteiger partial charge in [0.05, 0.1) is 6.21 Å². The molecule has 0 atom stereocenters. The molecule has 1 heterocycles. The highest BCUT2D eigenvalue weighted by atomic mass is 16.2. The molecule has 0 bridgehead atoms. The first-order valence-corrected chi connectivity index (χ1v) is 4.67. The molecule has 80 valence electrons. The Morgan fingerprint density at radius 2 is 1.81 bits per heavy atom. The van der Waals surface area contributed by atoms with Crippen molar-refractivity contribution >= 4 is 6.21 Å². The number of nitrogens with zero attached hydrogens (tertiary/aromatic N) is 2. The molecule has 0 amide bonds. The molecule has 5 heteroatoms. The lowest BCUT2D eigenvalue weighted by molar-refractivity contribution is 0.674. The van der Waals surface area contributed by atoms with Crippen molar-refractivity contribution < 1.29 is 0 Å². The summed E-state index contributed by atoms with van der Waals surface area (Å²) in [4.78, 5) is 23.1. The smallest absolute Gasteiger partial charge is 0.268 e. The largest absolute Gasteiger partial charge is 0.286 e. The van der Waals surface area contributed by atoms with Crippen molar-refractivity contribution in [1.82, 2.24) is 9.89 Å². The summed E-state index contributed by atoms with van der Waals surface area (Å²) in [5.41, 5.74) is 0.0932. The molecule has 16 heavy (non-hydrogen) atoms. The average Bonchev–Trinajstić information content (AvgIpc) is 2.32. The Morgan fingerprint density at radius 1 is 1.06 bits per heavy atom. The van der Waals surface area contributed by atoms with Crippen LogP contribution in [-0.2, 0) is 0 Å². The highest BCUT2D eigenvalue weighted by Crippen LogP contribution is 1.93. The minimum absolute atomic E-state index is 0.371. The van der Waals surface area contributed by atoms with Gasteiger partial charge >= 0.3 is 0 Å². The van der Waals surface area contributed by atoms with Gasteiger partial charge in [-0.05, 0) is 5.56 Å². The Bertz CT molecular complexity index is 611. The van der Waals surface area contributed by atoms with Gasteiger partial charge < -0.3 is 0 Å². The van der Waals surface area contributed by atoms with Crippen molar-refractivity contribution in [2.45, 2.75) is 0 Å². The van der Waals surface area contributed by atoms with E-state index >= 15 is 0 Å². The van der Waals surface area contributed by atoms with E-state index in [1.54, 1.807) is 0 Å². The number of nitrogens with one attached hydrogen (secondary N) is 1. The second kappa shape index (κ2) is 4.39. The fourth-order valence-corrected chi connectivity index (χ4v) is 1.16. The van der Waals surface area contributed by atoms with Crippen LogP contribution in [0.25, 0.3) is 0 Å². The first kappa shape index (κ1) is 10.1. The molecule has 0 fully saturated rings. The van der Waals surface area contributed by atoms with Gasteiger partial charge in [-0.2, -0.15) is 5.10 Å². The summed E-state index contributed by atoms with van der Waals surface area (Å²) < 4.78 is 0. The molecule has 0 saturated carbocycles. The minimum Gasteiger partial charge on any atom is -0.268 e. The van der Waals surface area contributed by atoms with Gasteiger partial charge in [0.25, 0.3) is 11.1 Å². The Kier molecular flexibility index (Phi) is 2.77. The third kappa shape index (κ3) is 2.33. The summed E-state index contributed by atoms with van der Waals surface area (Å²) in [5.74, 6) is 0. The maximum absolute atomic E-state index is 11.3. The van der Waals surface area contributed by atoms with Crippen LogP contribution in [0.15, 0.2) is 57.2 Å². The molecule has 1 N–H and O–H groups in total. The number of H-pyrrole nitrogens is 1. The molecule has 0 aliphatic heterocycles. The van der Waals surface area contributed by atoms with Crippen molar-refractivity contribution in [1.29, 1.82) is 0 Å². The van der Waals surface area contributed by atoms with E-state index in [4.69, 9.17) is 0 Å². The highest BCUT2D eigenvalue weighted by Gasteiger charge is 1.92. The molecule has 0 aliphatic rings. The van der Waals surface area contributed by atoms with Crippen LogP contribution in [-0.4, -0.2) is 16.1 Å². The molecule has 0 spiro atoms. The van der Waals surface area contributed by atoms with E-state index in [1.807, 2.05) is 30.3 Å². The predicted molar refractivity (Wildman–Crippen MR) is 60.8 cm³/mol. The van der Waals surface area contributed by atoms with Crippen LogP contribution < -0.4 is 11.1 Å². The predicted octanol–water partition coefficient (Wildman–Crippen LogP) is 0.419. The fourth-order valence-electron chi connectivity index (χ4n) is 1.16. The van der Waals surface area contributed by atoms with Gasteiger partial charge in [-0.15, -0.1) is 4.79 Å². The van der Waals surface area contributed by atoms with Gasteiger partial charge in [0.2, 0.25) is 0 Å².